The fraction of sp³-hybridized carbons (Fsp3) is 0.200. The van der Waals surface area contributed by atoms with Crippen molar-refractivity contribution in [2.75, 3.05) is 12.4 Å². The number of anilines is 1. The first-order chi connectivity index (χ1) is 9.60. The van der Waals surface area contributed by atoms with Crippen LogP contribution < -0.4 is 5.32 Å². The second-order valence-electron chi connectivity index (χ2n) is 4.37. The lowest BCUT2D eigenvalue weighted by Crippen LogP contribution is -2.03. The Balaban J connectivity index is 2.00. The van der Waals surface area contributed by atoms with Gasteiger partial charge in [0.25, 0.3) is 0 Å². The molecule has 0 atom stereocenters. The molecule has 20 heavy (non-hydrogen) atoms. The van der Waals surface area contributed by atoms with E-state index in [4.69, 9.17) is 0 Å². The number of aromatic nitrogens is 1. The van der Waals surface area contributed by atoms with Crippen molar-refractivity contribution in [2.24, 2.45) is 0 Å². The average molecular weight is 335 g/mol. The number of hydrogen-bond donors (Lipinski definition) is 1. The monoisotopic (exact) mass is 334 g/mol. The first-order valence-corrected chi connectivity index (χ1v) is 6.92. The van der Waals surface area contributed by atoms with Gasteiger partial charge in [0, 0.05) is 6.54 Å². The van der Waals surface area contributed by atoms with Gasteiger partial charge in [0.2, 0.25) is 0 Å². The molecule has 2 rings (SSSR count). The van der Waals surface area contributed by atoms with Crippen LogP contribution >= 0.6 is 15.9 Å². The summed E-state index contributed by atoms with van der Waals surface area (Å²) in [6.45, 7) is 2.66. The van der Waals surface area contributed by atoms with Crippen molar-refractivity contribution in [2.45, 2.75) is 13.5 Å². The fourth-order valence-electron chi connectivity index (χ4n) is 1.74. The molecule has 1 aromatic carbocycles. The number of nitrogens with zero attached hydrogens (tertiary/aromatic N) is 1. The topological polar surface area (TPSA) is 51.2 Å². The molecule has 0 aliphatic heterocycles. The smallest absolute Gasteiger partial charge is 0.337 e. The van der Waals surface area contributed by atoms with Gasteiger partial charge in [-0.15, -0.1) is 0 Å². The third kappa shape index (κ3) is 3.57. The molecule has 1 heterocycles. The van der Waals surface area contributed by atoms with Crippen molar-refractivity contribution in [3.05, 3.63) is 57.8 Å². The van der Waals surface area contributed by atoms with Gasteiger partial charge in [0.1, 0.15) is 4.60 Å². The van der Waals surface area contributed by atoms with Crippen LogP contribution in [-0.2, 0) is 11.3 Å². The van der Waals surface area contributed by atoms with Crippen LogP contribution in [-0.4, -0.2) is 18.1 Å². The maximum Gasteiger partial charge on any atom is 0.337 e. The minimum atomic E-state index is -0.322. The van der Waals surface area contributed by atoms with Crippen LogP contribution in [0.2, 0.25) is 0 Å². The van der Waals surface area contributed by atoms with Crippen LogP contribution in [0.3, 0.4) is 0 Å². The van der Waals surface area contributed by atoms with Crippen molar-refractivity contribution in [1.29, 1.82) is 0 Å². The fourth-order valence-corrected chi connectivity index (χ4v) is 1.95. The van der Waals surface area contributed by atoms with Crippen LogP contribution in [0.1, 0.15) is 21.5 Å². The zero-order chi connectivity index (χ0) is 14.5. The number of methoxy groups -OCH3 is 1. The standard InChI is InChI=1S/C15H15BrN2O2/c1-10-7-13(9-18-14(10)16)17-8-11-3-5-12(6-4-11)15(19)20-2/h3-7,9,17H,8H2,1-2H3. The predicted octanol–water partition coefficient (Wildman–Crippen LogP) is 3.55. The Morgan fingerprint density at radius 2 is 2.05 bits per heavy atom. The van der Waals surface area contributed by atoms with Crippen LogP contribution in [0.25, 0.3) is 0 Å². The minimum absolute atomic E-state index is 0.322. The zero-order valence-corrected chi connectivity index (χ0v) is 12.9. The van der Waals surface area contributed by atoms with Gasteiger partial charge in [0.15, 0.2) is 0 Å². The van der Waals surface area contributed by atoms with Gasteiger partial charge in [-0.05, 0) is 52.2 Å². The quantitative estimate of drug-likeness (QED) is 0.686. The first kappa shape index (κ1) is 14.5. The summed E-state index contributed by atoms with van der Waals surface area (Å²) in [5.41, 5.74) is 3.68. The number of aryl methyl sites for hydroxylation is 1. The first-order valence-electron chi connectivity index (χ1n) is 6.13. The Kier molecular flexibility index (Phi) is 4.74. The number of halogens is 1. The molecular weight excluding hydrogens is 320 g/mol. The van der Waals surface area contributed by atoms with E-state index in [2.05, 4.69) is 31.0 Å². The Bertz CT molecular complexity index is 612. The number of esters is 1. The molecule has 104 valence electrons. The van der Waals surface area contributed by atoms with Crippen LogP contribution in [0.15, 0.2) is 41.1 Å². The molecule has 0 aliphatic rings. The molecule has 0 spiro atoms. The Hall–Kier alpha value is -1.88. The summed E-state index contributed by atoms with van der Waals surface area (Å²) < 4.78 is 5.51. The molecule has 0 bridgehead atoms. The molecule has 1 N–H and O–H groups in total. The summed E-state index contributed by atoms with van der Waals surface area (Å²) in [6.07, 6.45) is 1.78. The summed E-state index contributed by atoms with van der Waals surface area (Å²) in [7, 11) is 1.38. The Morgan fingerprint density at radius 3 is 2.65 bits per heavy atom. The zero-order valence-electron chi connectivity index (χ0n) is 11.3. The molecule has 0 fully saturated rings. The molecule has 1 aromatic heterocycles. The van der Waals surface area contributed by atoms with Gasteiger partial charge in [-0.3, -0.25) is 0 Å². The number of rotatable bonds is 4. The highest BCUT2D eigenvalue weighted by Crippen LogP contribution is 2.17. The summed E-state index contributed by atoms with van der Waals surface area (Å²) >= 11 is 3.37. The predicted molar refractivity (Wildman–Crippen MR) is 81.8 cm³/mol. The van der Waals surface area contributed by atoms with E-state index in [1.165, 1.54) is 7.11 Å². The third-order valence-electron chi connectivity index (χ3n) is 2.89. The van der Waals surface area contributed by atoms with Gasteiger partial charge >= 0.3 is 5.97 Å². The number of hydrogen-bond acceptors (Lipinski definition) is 4. The van der Waals surface area contributed by atoms with E-state index in [1.807, 2.05) is 25.1 Å². The molecule has 0 amide bonds. The van der Waals surface area contributed by atoms with Gasteiger partial charge in [-0.25, -0.2) is 9.78 Å². The molecule has 2 aromatic rings. The molecule has 0 aliphatic carbocycles. The van der Waals surface area contributed by atoms with E-state index in [1.54, 1.807) is 18.3 Å². The van der Waals surface area contributed by atoms with Gasteiger partial charge in [-0.1, -0.05) is 12.1 Å². The molecule has 0 radical (unpaired) electrons. The van der Waals surface area contributed by atoms with Crippen molar-refractivity contribution >= 4 is 27.6 Å². The summed E-state index contributed by atoms with van der Waals surface area (Å²) in [4.78, 5) is 15.6. The highest BCUT2D eigenvalue weighted by molar-refractivity contribution is 9.10. The Labute approximate surface area is 126 Å². The maximum atomic E-state index is 11.3. The molecule has 5 heteroatoms. The van der Waals surface area contributed by atoms with Crippen molar-refractivity contribution in [3.63, 3.8) is 0 Å². The summed E-state index contributed by atoms with van der Waals surface area (Å²) in [5, 5.41) is 3.29. The van der Waals surface area contributed by atoms with E-state index in [-0.39, 0.29) is 5.97 Å². The number of pyridine rings is 1. The maximum absolute atomic E-state index is 11.3. The van der Waals surface area contributed by atoms with Crippen molar-refractivity contribution in [3.8, 4) is 0 Å². The molecule has 4 nitrogen and oxygen atoms in total. The summed E-state index contributed by atoms with van der Waals surface area (Å²) in [6, 6.07) is 9.35. The number of nitrogens with one attached hydrogen (secondary N) is 1. The SMILES string of the molecule is COC(=O)c1ccc(CNc2cnc(Br)c(C)c2)cc1. The number of carbonyl (C=O) groups excluding carboxylic acids is 1. The number of carbonyl (C=O) groups is 1. The lowest BCUT2D eigenvalue weighted by molar-refractivity contribution is 0.0600. The van der Waals surface area contributed by atoms with Crippen LogP contribution in [0, 0.1) is 6.92 Å². The normalized spacial score (nSPS) is 10.2. The minimum Gasteiger partial charge on any atom is -0.465 e. The van der Waals surface area contributed by atoms with Crippen molar-refractivity contribution < 1.29 is 9.53 Å². The van der Waals surface area contributed by atoms with E-state index >= 15 is 0 Å². The lowest BCUT2D eigenvalue weighted by Gasteiger charge is -2.08. The van der Waals surface area contributed by atoms with E-state index in [0.29, 0.717) is 12.1 Å². The van der Waals surface area contributed by atoms with E-state index in [9.17, 15) is 4.79 Å². The van der Waals surface area contributed by atoms with Crippen LogP contribution in [0.5, 0.6) is 0 Å². The number of benzene rings is 1. The highest BCUT2D eigenvalue weighted by atomic mass is 79.9. The summed E-state index contributed by atoms with van der Waals surface area (Å²) in [5.74, 6) is -0.322. The molecule has 0 saturated heterocycles. The Morgan fingerprint density at radius 1 is 1.35 bits per heavy atom. The molecule has 0 unspecified atom stereocenters. The van der Waals surface area contributed by atoms with Gasteiger partial charge in [-0.2, -0.15) is 0 Å². The van der Waals surface area contributed by atoms with Crippen LogP contribution in [0.4, 0.5) is 5.69 Å². The molecule has 0 saturated carbocycles. The molecular formula is C15H15BrN2O2. The second-order valence-corrected chi connectivity index (χ2v) is 5.12. The largest absolute Gasteiger partial charge is 0.465 e. The third-order valence-corrected chi connectivity index (χ3v) is 3.72. The second kappa shape index (κ2) is 6.52. The van der Waals surface area contributed by atoms with E-state index < -0.39 is 0 Å². The average Bonchev–Trinajstić information content (AvgIpc) is 2.48. The van der Waals surface area contributed by atoms with Gasteiger partial charge < -0.3 is 10.1 Å². The van der Waals surface area contributed by atoms with Crippen molar-refractivity contribution in [1.82, 2.24) is 4.98 Å². The van der Waals surface area contributed by atoms with Gasteiger partial charge in [0.05, 0.1) is 24.6 Å². The lowest BCUT2D eigenvalue weighted by atomic mass is 10.1. The van der Waals surface area contributed by atoms with E-state index in [0.717, 1.165) is 21.4 Å². The highest BCUT2D eigenvalue weighted by Gasteiger charge is 2.04. The number of ether oxygens (including phenoxy) is 1.